The summed E-state index contributed by atoms with van der Waals surface area (Å²) in [4.78, 5) is 10.3. The van der Waals surface area contributed by atoms with E-state index in [-0.39, 0.29) is 0 Å². The van der Waals surface area contributed by atoms with Crippen LogP contribution in [0.4, 0.5) is 0 Å². The van der Waals surface area contributed by atoms with E-state index in [1.165, 1.54) is 0 Å². The molecule has 0 aliphatic heterocycles. The van der Waals surface area contributed by atoms with Gasteiger partial charge in [0.05, 0.1) is 0 Å². The molecule has 0 amide bonds. The average Bonchev–Trinajstić information content (AvgIpc) is 1.62. The van der Waals surface area contributed by atoms with E-state index < -0.39 is 11.5 Å². The van der Waals surface area contributed by atoms with Gasteiger partial charge < -0.3 is 10.8 Å². The molecule has 9 heavy (non-hydrogen) atoms. The fourth-order valence-corrected chi connectivity index (χ4v) is 1.36. The van der Waals surface area contributed by atoms with Crippen LogP contribution in [0.1, 0.15) is 19.8 Å². The molecule has 1 fully saturated rings. The zero-order valence-corrected chi connectivity index (χ0v) is 5.42. The first-order chi connectivity index (χ1) is 4.04. The van der Waals surface area contributed by atoms with Crippen molar-refractivity contribution in [3.05, 3.63) is 0 Å². The molecular formula is C6H11NO2. The van der Waals surface area contributed by atoms with Gasteiger partial charge >= 0.3 is 5.97 Å². The van der Waals surface area contributed by atoms with Crippen LogP contribution in [0.3, 0.4) is 0 Å². The zero-order chi connectivity index (χ0) is 7.07. The summed E-state index contributed by atoms with van der Waals surface area (Å²) in [6.07, 6.45) is 1.25. The van der Waals surface area contributed by atoms with Gasteiger partial charge in [-0.05, 0) is 18.8 Å². The number of hydrogen-bond acceptors (Lipinski definition) is 2. The number of carboxylic acid groups (broad SMARTS) is 1. The van der Waals surface area contributed by atoms with E-state index in [9.17, 15) is 4.79 Å². The summed E-state index contributed by atoms with van der Waals surface area (Å²) in [5, 5.41) is 8.49. The highest BCUT2D eigenvalue weighted by molar-refractivity contribution is 5.79. The van der Waals surface area contributed by atoms with Gasteiger partial charge in [0.2, 0.25) is 0 Å². The highest BCUT2D eigenvalue weighted by atomic mass is 16.4. The first-order valence-electron chi connectivity index (χ1n) is 3.07. The molecule has 0 heterocycles. The van der Waals surface area contributed by atoms with Gasteiger partial charge in [-0.1, -0.05) is 6.92 Å². The molecule has 1 rings (SSSR count). The lowest BCUT2D eigenvalue weighted by molar-refractivity contribution is -0.148. The first kappa shape index (κ1) is 6.55. The van der Waals surface area contributed by atoms with Gasteiger partial charge in [-0.2, -0.15) is 0 Å². The second-order valence-corrected chi connectivity index (χ2v) is 2.97. The van der Waals surface area contributed by atoms with Crippen LogP contribution in [0.25, 0.3) is 0 Å². The second-order valence-electron chi connectivity index (χ2n) is 2.97. The Morgan fingerprint density at radius 2 is 2.22 bits per heavy atom. The number of rotatable bonds is 1. The monoisotopic (exact) mass is 129 g/mol. The van der Waals surface area contributed by atoms with Crippen LogP contribution in [0.15, 0.2) is 0 Å². The van der Waals surface area contributed by atoms with E-state index in [4.69, 9.17) is 10.8 Å². The van der Waals surface area contributed by atoms with Gasteiger partial charge in [0.25, 0.3) is 0 Å². The van der Waals surface area contributed by atoms with E-state index in [1.807, 2.05) is 6.92 Å². The molecule has 0 bridgehead atoms. The lowest BCUT2D eigenvalue weighted by Crippen LogP contribution is -2.57. The summed E-state index contributed by atoms with van der Waals surface area (Å²) >= 11 is 0. The molecule has 1 aliphatic carbocycles. The van der Waals surface area contributed by atoms with E-state index in [0.29, 0.717) is 18.8 Å². The van der Waals surface area contributed by atoms with Gasteiger partial charge in [0.1, 0.15) is 5.54 Å². The molecule has 1 saturated carbocycles. The number of aliphatic carboxylic acids is 1. The lowest BCUT2D eigenvalue weighted by Gasteiger charge is -2.39. The van der Waals surface area contributed by atoms with Gasteiger partial charge in [0.15, 0.2) is 0 Å². The molecule has 0 radical (unpaired) electrons. The Kier molecular flexibility index (Phi) is 1.24. The normalized spacial score (nSPS) is 41.8. The Hall–Kier alpha value is -0.570. The van der Waals surface area contributed by atoms with Crippen molar-refractivity contribution in [2.24, 2.45) is 11.7 Å². The Morgan fingerprint density at radius 3 is 2.33 bits per heavy atom. The Balaban J connectivity index is 2.50. The third-order valence-electron chi connectivity index (χ3n) is 1.85. The largest absolute Gasteiger partial charge is 0.480 e. The molecule has 3 N–H and O–H groups in total. The van der Waals surface area contributed by atoms with Gasteiger partial charge in [0, 0.05) is 0 Å². The van der Waals surface area contributed by atoms with Crippen molar-refractivity contribution in [3.8, 4) is 0 Å². The van der Waals surface area contributed by atoms with Crippen molar-refractivity contribution in [3.63, 3.8) is 0 Å². The van der Waals surface area contributed by atoms with Crippen molar-refractivity contribution < 1.29 is 9.90 Å². The molecular weight excluding hydrogens is 118 g/mol. The minimum atomic E-state index is -0.889. The SMILES string of the molecule is CC1CC(N)(C(=O)O)C1. The van der Waals surface area contributed by atoms with Crippen LogP contribution in [-0.4, -0.2) is 16.6 Å². The third-order valence-corrected chi connectivity index (χ3v) is 1.85. The second kappa shape index (κ2) is 1.70. The molecule has 0 aromatic heterocycles. The number of carbonyl (C=O) groups is 1. The van der Waals surface area contributed by atoms with Gasteiger partial charge in [-0.25, -0.2) is 0 Å². The fourth-order valence-electron chi connectivity index (χ4n) is 1.36. The molecule has 52 valence electrons. The van der Waals surface area contributed by atoms with Gasteiger partial charge in [-0.3, -0.25) is 4.79 Å². The summed E-state index contributed by atoms with van der Waals surface area (Å²) < 4.78 is 0. The predicted molar refractivity (Wildman–Crippen MR) is 33.0 cm³/mol. The van der Waals surface area contributed by atoms with Crippen LogP contribution in [0.5, 0.6) is 0 Å². The Labute approximate surface area is 53.9 Å². The molecule has 3 heteroatoms. The third kappa shape index (κ3) is 0.920. The fraction of sp³-hybridized carbons (Fsp3) is 0.833. The van der Waals surface area contributed by atoms with Crippen LogP contribution in [0.2, 0.25) is 0 Å². The average molecular weight is 129 g/mol. The summed E-state index contributed by atoms with van der Waals surface area (Å²) in [6, 6.07) is 0. The van der Waals surface area contributed by atoms with Crippen molar-refractivity contribution in [2.45, 2.75) is 25.3 Å². The van der Waals surface area contributed by atoms with Crippen LogP contribution >= 0.6 is 0 Å². The van der Waals surface area contributed by atoms with Crippen molar-refractivity contribution in [2.75, 3.05) is 0 Å². The summed E-state index contributed by atoms with van der Waals surface area (Å²) in [5.74, 6) is -0.369. The molecule has 0 aromatic rings. The van der Waals surface area contributed by atoms with Gasteiger partial charge in [-0.15, -0.1) is 0 Å². The number of carboxylic acids is 1. The highest BCUT2D eigenvalue weighted by Crippen LogP contribution is 2.35. The molecule has 1 aliphatic rings. The van der Waals surface area contributed by atoms with Crippen LogP contribution in [-0.2, 0) is 4.79 Å². The summed E-state index contributed by atoms with van der Waals surface area (Å²) in [5.41, 5.74) is 4.55. The maximum atomic E-state index is 10.3. The maximum absolute atomic E-state index is 10.3. The Morgan fingerprint density at radius 1 is 1.78 bits per heavy atom. The van der Waals surface area contributed by atoms with Crippen LogP contribution in [0, 0.1) is 5.92 Å². The summed E-state index contributed by atoms with van der Waals surface area (Å²) in [7, 11) is 0. The molecule has 0 spiro atoms. The van der Waals surface area contributed by atoms with Crippen molar-refractivity contribution in [1.82, 2.24) is 0 Å². The Bertz CT molecular complexity index is 138. The van der Waals surface area contributed by atoms with Crippen LogP contribution < -0.4 is 5.73 Å². The molecule has 0 atom stereocenters. The zero-order valence-electron chi connectivity index (χ0n) is 5.42. The van der Waals surface area contributed by atoms with Crippen molar-refractivity contribution in [1.29, 1.82) is 0 Å². The minimum Gasteiger partial charge on any atom is -0.480 e. The molecule has 3 nitrogen and oxygen atoms in total. The molecule has 0 saturated heterocycles. The lowest BCUT2D eigenvalue weighted by atomic mass is 9.70. The molecule has 0 aromatic carbocycles. The summed E-state index contributed by atoms with van der Waals surface area (Å²) in [6.45, 7) is 2.01. The first-order valence-corrected chi connectivity index (χ1v) is 3.07. The molecule has 0 unspecified atom stereocenters. The number of nitrogens with two attached hydrogens (primary N) is 1. The minimum absolute atomic E-state index is 0.492. The smallest absolute Gasteiger partial charge is 0.323 e. The van der Waals surface area contributed by atoms with Crippen molar-refractivity contribution >= 4 is 5.97 Å². The van der Waals surface area contributed by atoms with E-state index in [0.717, 1.165) is 0 Å². The number of hydrogen-bond donors (Lipinski definition) is 2. The predicted octanol–water partition coefficient (Wildman–Crippen LogP) is 0.198. The van der Waals surface area contributed by atoms with E-state index in [2.05, 4.69) is 0 Å². The van der Waals surface area contributed by atoms with E-state index >= 15 is 0 Å². The maximum Gasteiger partial charge on any atom is 0.323 e. The highest BCUT2D eigenvalue weighted by Gasteiger charge is 2.44. The quantitative estimate of drug-likeness (QED) is 0.531. The topological polar surface area (TPSA) is 63.3 Å². The standard InChI is InChI=1S/C6H11NO2/c1-4-2-6(7,3-4)5(8)9/h4H,2-3,7H2,1H3,(H,8,9). The van der Waals surface area contributed by atoms with E-state index in [1.54, 1.807) is 0 Å².